The van der Waals surface area contributed by atoms with Crippen LogP contribution in [0.25, 0.3) is 11.0 Å². The number of rotatable bonds is 8. The van der Waals surface area contributed by atoms with E-state index in [0.717, 1.165) is 5.52 Å². The Labute approximate surface area is 159 Å². The van der Waals surface area contributed by atoms with Gasteiger partial charge in [0.1, 0.15) is 11.9 Å². The van der Waals surface area contributed by atoms with E-state index in [-0.39, 0.29) is 11.3 Å². The summed E-state index contributed by atoms with van der Waals surface area (Å²) >= 11 is 0. The lowest BCUT2D eigenvalue weighted by Gasteiger charge is -2.18. The van der Waals surface area contributed by atoms with E-state index in [4.69, 9.17) is 10.00 Å². The van der Waals surface area contributed by atoms with Gasteiger partial charge in [-0.3, -0.25) is 4.79 Å². The number of fused-ring (bicyclic) bond motifs is 1. The van der Waals surface area contributed by atoms with Crippen molar-refractivity contribution < 1.29 is 17.9 Å². The Morgan fingerprint density at radius 3 is 2.63 bits per heavy atom. The van der Waals surface area contributed by atoms with E-state index in [2.05, 4.69) is 4.98 Å². The van der Waals surface area contributed by atoms with Gasteiger partial charge in [0.15, 0.2) is 6.10 Å². The Balaban J connectivity index is 2.26. The van der Waals surface area contributed by atoms with Crippen molar-refractivity contribution in [3.05, 3.63) is 24.0 Å². The SMILES string of the molecule is CCN(CC)S(=O)(=O)c1ccc2c(c1)nc(CCC(=O)O[C@@H](C)C#N)n2C. The highest BCUT2D eigenvalue weighted by atomic mass is 32.2. The number of esters is 1. The smallest absolute Gasteiger partial charge is 0.307 e. The van der Waals surface area contributed by atoms with E-state index >= 15 is 0 Å². The molecule has 0 bridgehead atoms. The third kappa shape index (κ3) is 4.46. The summed E-state index contributed by atoms with van der Waals surface area (Å²) in [5, 5.41) is 8.68. The Kier molecular flexibility index (Phi) is 6.57. The van der Waals surface area contributed by atoms with Gasteiger partial charge in [-0.2, -0.15) is 9.57 Å². The van der Waals surface area contributed by atoms with Crippen LogP contribution >= 0.6 is 0 Å². The lowest BCUT2D eigenvalue weighted by molar-refractivity contribution is -0.145. The summed E-state index contributed by atoms with van der Waals surface area (Å²) in [6, 6.07) is 6.69. The Morgan fingerprint density at radius 2 is 2.04 bits per heavy atom. The van der Waals surface area contributed by atoms with Crippen LogP contribution in [0.2, 0.25) is 0 Å². The second-order valence-corrected chi connectivity index (χ2v) is 8.03. The fraction of sp³-hybridized carbons (Fsp3) is 0.500. The molecule has 0 fully saturated rings. The summed E-state index contributed by atoms with van der Waals surface area (Å²) in [4.78, 5) is 16.4. The Bertz CT molecular complexity index is 971. The van der Waals surface area contributed by atoms with Crippen LogP contribution in [-0.2, 0) is 33.0 Å². The van der Waals surface area contributed by atoms with Crippen LogP contribution in [-0.4, -0.2) is 47.4 Å². The molecular weight excluding hydrogens is 368 g/mol. The molecule has 0 aliphatic heterocycles. The zero-order valence-electron chi connectivity index (χ0n) is 16.0. The first-order chi connectivity index (χ1) is 12.7. The maximum Gasteiger partial charge on any atom is 0.307 e. The first kappa shape index (κ1) is 20.9. The van der Waals surface area contributed by atoms with Crippen LogP contribution < -0.4 is 0 Å². The first-order valence-electron chi connectivity index (χ1n) is 8.79. The van der Waals surface area contributed by atoms with Gasteiger partial charge >= 0.3 is 5.97 Å². The van der Waals surface area contributed by atoms with Crippen LogP contribution in [0.4, 0.5) is 0 Å². The summed E-state index contributed by atoms with van der Waals surface area (Å²) in [6.07, 6.45) is -0.362. The summed E-state index contributed by atoms with van der Waals surface area (Å²) in [6.45, 7) is 5.89. The van der Waals surface area contributed by atoms with Crippen LogP contribution in [0, 0.1) is 11.3 Å². The van der Waals surface area contributed by atoms with Gasteiger partial charge in [-0.05, 0) is 25.1 Å². The predicted molar refractivity (Wildman–Crippen MR) is 100 cm³/mol. The second kappa shape index (κ2) is 8.50. The van der Waals surface area contributed by atoms with Gasteiger partial charge in [0.25, 0.3) is 0 Å². The minimum atomic E-state index is -3.56. The summed E-state index contributed by atoms with van der Waals surface area (Å²) in [5.41, 5.74) is 1.33. The minimum absolute atomic E-state index is 0.0911. The molecule has 1 aromatic heterocycles. The number of aromatic nitrogens is 2. The van der Waals surface area contributed by atoms with Gasteiger partial charge in [-0.15, -0.1) is 0 Å². The van der Waals surface area contributed by atoms with Crippen molar-refractivity contribution >= 4 is 27.0 Å². The van der Waals surface area contributed by atoms with Gasteiger partial charge in [0, 0.05) is 26.6 Å². The van der Waals surface area contributed by atoms with E-state index in [1.54, 1.807) is 32.0 Å². The van der Waals surface area contributed by atoms with E-state index in [9.17, 15) is 13.2 Å². The van der Waals surface area contributed by atoms with Crippen molar-refractivity contribution in [2.75, 3.05) is 13.1 Å². The van der Waals surface area contributed by atoms with Crippen molar-refractivity contribution in [2.45, 2.75) is 44.6 Å². The molecule has 0 aliphatic carbocycles. The zero-order valence-corrected chi connectivity index (χ0v) is 16.8. The Hall–Kier alpha value is -2.44. The Morgan fingerprint density at radius 1 is 1.37 bits per heavy atom. The molecule has 1 aromatic carbocycles. The first-order valence-corrected chi connectivity index (χ1v) is 10.2. The fourth-order valence-electron chi connectivity index (χ4n) is 2.82. The fourth-order valence-corrected chi connectivity index (χ4v) is 4.30. The number of hydrogen-bond acceptors (Lipinski definition) is 6. The highest BCUT2D eigenvalue weighted by Crippen LogP contribution is 2.22. The minimum Gasteiger partial charge on any atom is -0.447 e. The molecule has 0 spiro atoms. The summed E-state index contributed by atoms with van der Waals surface area (Å²) in [5.74, 6) is 0.171. The van der Waals surface area contributed by atoms with E-state index in [1.807, 2.05) is 17.7 Å². The summed E-state index contributed by atoms with van der Waals surface area (Å²) < 4.78 is 33.5. The number of imidazole rings is 1. The molecule has 0 saturated carbocycles. The maximum atomic E-state index is 12.7. The quantitative estimate of drug-likeness (QED) is 0.636. The van der Waals surface area contributed by atoms with Crippen LogP contribution in [0.15, 0.2) is 23.1 Å². The molecule has 2 rings (SSSR count). The number of aryl methyl sites for hydroxylation is 2. The largest absolute Gasteiger partial charge is 0.447 e. The number of benzene rings is 1. The van der Waals surface area contributed by atoms with Gasteiger partial charge in [-0.1, -0.05) is 13.8 Å². The van der Waals surface area contributed by atoms with E-state index in [0.29, 0.717) is 30.9 Å². The van der Waals surface area contributed by atoms with Crippen LogP contribution in [0.3, 0.4) is 0 Å². The number of ether oxygens (including phenoxy) is 1. The number of sulfonamides is 1. The molecule has 0 N–H and O–H groups in total. The van der Waals surface area contributed by atoms with Crippen molar-refractivity contribution in [3.8, 4) is 6.07 Å². The molecule has 0 radical (unpaired) electrons. The van der Waals surface area contributed by atoms with Crippen LogP contribution in [0.5, 0.6) is 0 Å². The lowest BCUT2D eigenvalue weighted by atomic mass is 10.3. The topological polar surface area (TPSA) is 105 Å². The standard InChI is InChI=1S/C18H24N4O4S/c1-5-22(6-2)27(24,25)14-7-8-16-15(11-14)20-17(21(16)4)9-10-18(23)26-13(3)12-19/h7-8,11,13H,5-6,9-10H2,1-4H3/t13-/m0/s1. The molecule has 27 heavy (non-hydrogen) atoms. The average molecular weight is 392 g/mol. The molecule has 1 atom stereocenters. The van der Waals surface area contributed by atoms with Crippen LogP contribution in [0.1, 0.15) is 33.0 Å². The lowest BCUT2D eigenvalue weighted by Crippen LogP contribution is -2.30. The van der Waals surface area contributed by atoms with E-state index in [1.165, 1.54) is 11.2 Å². The third-order valence-corrected chi connectivity index (χ3v) is 6.38. The van der Waals surface area contributed by atoms with Crippen molar-refractivity contribution in [1.29, 1.82) is 5.26 Å². The number of carbonyl (C=O) groups excluding carboxylic acids is 1. The van der Waals surface area contributed by atoms with Crippen molar-refractivity contribution in [3.63, 3.8) is 0 Å². The highest BCUT2D eigenvalue weighted by Gasteiger charge is 2.23. The molecule has 9 heteroatoms. The number of nitriles is 1. The molecule has 2 aromatic rings. The number of nitrogens with zero attached hydrogens (tertiary/aromatic N) is 4. The molecule has 8 nitrogen and oxygen atoms in total. The normalized spacial score (nSPS) is 12.9. The van der Waals surface area contributed by atoms with Crippen molar-refractivity contribution in [2.24, 2.45) is 7.05 Å². The van der Waals surface area contributed by atoms with Gasteiger partial charge in [0.2, 0.25) is 10.0 Å². The number of carbonyl (C=O) groups is 1. The zero-order chi connectivity index (χ0) is 20.2. The summed E-state index contributed by atoms with van der Waals surface area (Å²) in [7, 11) is -1.75. The molecular formula is C18H24N4O4S. The maximum absolute atomic E-state index is 12.7. The monoisotopic (exact) mass is 392 g/mol. The predicted octanol–water partition coefficient (Wildman–Crippen LogP) is 1.99. The highest BCUT2D eigenvalue weighted by molar-refractivity contribution is 7.89. The molecule has 0 unspecified atom stereocenters. The third-order valence-electron chi connectivity index (χ3n) is 4.33. The van der Waals surface area contributed by atoms with Crippen molar-refractivity contribution in [1.82, 2.24) is 13.9 Å². The van der Waals surface area contributed by atoms with Gasteiger partial charge in [-0.25, -0.2) is 13.4 Å². The van der Waals surface area contributed by atoms with Gasteiger partial charge in [0.05, 0.1) is 22.3 Å². The average Bonchev–Trinajstić information content (AvgIpc) is 2.96. The molecule has 0 saturated heterocycles. The molecule has 0 amide bonds. The molecule has 146 valence electrons. The molecule has 0 aliphatic rings. The number of hydrogen-bond donors (Lipinski definition) is 0. The second-order valence-electron chi connectivity index (χ2n) is 6.09. The van der Waals surface area contributed by atoms with Gasteiger partial charge < -0.3 is 9.30 Å². The van der Waals surface area contributed by atoms with E-state index < -0.39 is 22.1 Å². The molecule has 1 heterocycles.